The van der Waals surface area contributed by atoms with E-state index in [0.717, 1.165) is 43.3 Å². The minimum absolute atomic E-state index is 0.218. The Labute approximate surface area is 233 Å². The highest BCUT2D eigenvalue weighted by Gasteiger charge is 2.33. The molecule has 0 bridgehead atoms. The van der Waals surface area contributed by atoms with Gasteiger partial charge in [-0.25, -0.2) is 9.79 Å². The van der Waals surface area contributed by atoms with E-state index in [1.165, 1.54) is 11.3 Å². The highest BCUT2D eigenvalue weighted by atomic mass is 79.9. The van der Waals surface area contributed by atoms with Crippen molar-refractivity contribution in [1.29, 1.82) is 0 Å². The predicted octanol–water partition coefficient (Wildman–Crippen LogP) is 4.40. The van der Waals surface area contributed by atoms with Crippen LogP contribution in [0.25, 0.3) is 6.08 Å². The maximum Gasteiger partial charge on any atom is 0.338 e. The van der Waals surface area contributed by atoms with Crippen LogP contribution in [-0.2, 0) is 9.53 Å². The molecule has 0 aliphatic carbocycles. The Balaban J connectivity index is 1.59. The fourth-order valence-electron chi connectivity index (χ4n) is 4.91. The normalized spacial score (nSPS) is 18.4. The molecule has 0 radical (unpaired) electrons. The van der Waals surface area contributed by atoms with Crippen LogP contribution < -0.4 is 24.5 Å². The molecule has 200 valence electrons. The zero-order valence-electron chi connectivity index (χ0n) is 21.8. The number of aromatic nitrogens is 1. The number of benzene rings is 1. The van der Waals surface area contributed by atoms with Gasteiger partial charge in [0, 0.05) is 25.2 Å². The van der Waals surface area contributed by atoms with Gasteiger partial charge >= 0.3 is 5.97 Å². The largest absolute Gasteiger partial charge is 0.496 e. The van der Waals surface area contributed by atoms with Crippen molar-refractivity contribution in [1.82, 2.24) is 4.57 Å². The van der Waals surface area contributed by atoms with Crippen molar-refractivity contribution in [2.24, 2.45) is 10.9 Å². The van der Waals surface area contributed by atoms with Gasteiger partial charge < -0.3 is 18.8 Å². The van der Waals surface area contributed by atoms with Crippen LogP contribution in [0.2, 0.25) is 0 Å². The third kappa shape index (κ3) is 4.99. The number of esters is 1. The number of carbonyl (C=O) groups is 1. The van der Waals surface area contributed by atoms with E-state index >= 15 is 0 Å². The van der Waals surface area contributed by atoms with Crippen LogP contribution in [0.1, 0.15) is 51.0 Å². The van der Waals surface area contributed by atoms with Crippen molar-refractivity contribution in [2.45, 2.75) is 39.7 Å². The first-order valence-corrected chi connectivity index (χ1v) is 14.3. The third-order valence-electron chi connectivity index (χ3n) is 6.99. The molecule has 0 amide bonds. The van der Waals surface area contributed by atoms with Crippen LogP contribution in [0.15, 0.2) is 60.3 Å². The number of furan rings is 1. The summed E-state index contributed by atoms with van der Waals surface area (Å²) in [7, 11) is 1.59. The molecule has 1 aromatic carbocycles. The Kier molecular flexibility index (Phi) is 7.63. The molecule has 8 nitrogen and oxygen atoms in total. The molecule has 1 saturated heterocycles. The summed E-state index contributed by atoms with van der Waals surface area (Å²) in [6.45, 7) is 7.94. The lowest BCUT2D eigenvalue weighted by Gasteiger charge is -2.29. The lowest BCUT2D eigenvalue weighted by atomic mass is 9.96. The predicted molar refractivity (Wildman–Crippen MR) is 150 cm³/mol. The molecular formula is C28H30BrN3O5S. The summed E-state index contributed by atoms with van der Waals surface area (Å²) in [5.74, 6) is 2.30. The van der Waals surface area contributed by atoms with Gasteiger partial charge in [0.1, 0.15) is 11.5 Å². The van der Waals surface area contributed by atoms with E-state index in [-0.39, 0.29) is 12.2 Å². The topological polar surface area (TPSA) is 86.3 Å². The number of anilines is 1. The molecule has 38 heavy (non-hydrogen) atoms. The van der Waals surface area contributed by atoms with Crippen LogP contribution in [0, 0.1) is 5.92 Å². The number of piperidine rings is 1. The number of hydrogen-bond acceptors (Lipinski definition) is 8. The number of hydrogen-bond donors (Lipinski definition) is 0. The van der Waals surface area contributed by atoms with Gasteiger partial charge in [-0.1, -0.05) is 24.3 Å². The second-order valence-electron chi connectivity index (χ2n) is 9.54. The summed E-state index contributed by atoms with van der Waals surface area (Å²) in [4.78, 5) is 34.3. The molecule has 4 heterocycles. The SMILES string of the molecule is CCOC(=O)C1=C(C)N=c2s/c(=C/c3ccc(N4CCC(C)CC4)o3)c(=O)n2[C@H]1c1ccc(OC)c(Br)c1. The van der Waals surface area contributed by atoms with Gasteiger partial charge in [0.05, 0.1) is 40.0 Å². The van der Waals surface area contributed by atoms with Gasteiger partial charge in [-0.2, -0.15) is 0 Å². The molecule has 2 aliphatic rings. The number of ether oxygens (including phenoxy) is 2. The van der Waals surface area contributed by atoms with Crippen molar-refractivity contribution < 1.29 is 18.7 Å². The van der Waals surface area contributed by atoms with E-state index in [2.05, 4.69) is 32.7 Å². The van der Waals surface area contributed by atoms with Crippen molar-refractivity contribution in [2.75, 3.05) is 31.7 Å². The Morgan fingerprint density at radius 1 is 1.26 bits per heavy atom. The van der Waals surface area contributed by atoms with Gasteiger partial charge in [-0.15, -0.1) is 0 Å². The van der Waals surface area contributed by atoms with E-state index < -0.39 is 12.0 Å². The molecule has 0 saturated carbocycles. The molecule has 0 spiro atoms. The molecule has 2 aromatic heterocycles. The second kappa shape index (κ2) is 10.9. The Hall–Kier alpha value is -3.11. The van der Waals surface area contributed by atoms with Crippen molar-refractivity contribution in [3.63, 3.8) is 0 Å². The smallest absolute Gasteiger partial charge is 0.338 e. The molecule has 2 aliphatic heterocycles. The number of fused-ring (bicyclic) bond motifs is 1. The fourth-order valence-corrected chi connectivity index (χ4v) is 6.49. The molecule has 3 aromatic rings. The number of thiazole rings is 1. The van der Waals surface area contributed by atoms with E-state index in [9.17, 15) is 9.59 Å². The van der Waals surface area contributed by atoms with Gasteiger partial charge in [-0.05, 0) is 72.3 Å². The van der Waals surface area contributed by atoms with Crippen LogP contribution in [-0.4, -0.2) is 37.3 Å². The van der Waals surface area contributed by atoms with Crippen molar-refractivity contribution >= 4 is 45.2 Å². The minimum atomic E-state index is -0.697. The lowest BCUT2D eigenvalue weighted by molar-refractivity contribution is -0.139. The van der Waals surface area contributed by atoms with Crippen LogP contribution in [0.5, 0.6) is 5.75 Å². The maximum absolute atomic E-state index is 13.8. The van der Waals surface area contributed by atoms with Crippen LogP contribution in [0.3, 0.4) is 0 Å². The van der Waals surface area contributed by atoms with Gasteiger partial charge in [0.2, 0.25) is 0 Å². The molecular weight excluding hydrogens is 570 g/mol. The summed E-state index contributed by atoms with van der Waals surface area (Å²) < 4.78 is 19.6. The molecule has 5 rings (SSSR count). The lowest BCUT2D eigenvalue weighted by Crippen LogP contribution is -2.39. The molecule has 0 N–H and O–H groups in total. The highest BCUT2D eigenvalue weighted by Crippen LogP contribution is 2.35. The monoisotopic (exact) mass is 599 g/mol. The average molecular weight is 601 g/mol. The number of methoxy groups -OCH3 is 1. The molecule has 0 unspecified atom stereocenters. The van der Waals surface area contributed by atoms with Gasteiger partial charge in [-0.3, -0.25) is 9.36 Å². The summed E-state index contributed by atoms with van der Waals surface area (Å²) in [5, 5.41) is 0. The first-order chi connectivity index (χ1) is 18.3. The summed E-state index contributed by atoms with van der Waals surface area (Å²) >= 11 is 4.81. The summed E-state index contributed by atoms with van der Waals surface area (Å²) in [6, 6.07) is 8.66. The Morgan fingerprint density at radius 3 is 2.71 bits per heavy atom. The summed E-state index contributed by atoms with van der Waals surface area (Å²) in [6.07, 6.45) is 4.03. The summed E-state index contributed by atoms with van der Waals surface area (Å²) in [5.41, 5.74) is 1.35. The number of carbonyl (C=O) groups excluding carboxylic acids is 1. The minimum Gasteiger partial charge on any atom is -0.496 e. The van der Waals surface area contributed by atoms with E-state index in [4.69, 9.17) is 13.9 Å². The highest BCUT2D eigenvalue weighted by molar-refractivity contribution is 9.10. The van der Waals surface area contributed by atoms with E-state index in [1.54, 1.807) is 37.7 Å². The number of nitrogens with zero attached hydrogens (tertiary/aromatic N) is 3. The average Bonchev–Trinajstić information content (AvgIpc) is 3.48. The van der Waals surface area contributed by atoms with Crippen molar-refractivity contribution in [3.8, 4) is 5.75 Å². The fraction of sp³-hybridized carbons (Fsp3) is 0.393. The van der Waals surface area contributed by atoms with Gasteiger partial charge in [0.15, 0.2) is 10.7 Å². The third-order valence-corrected chi connectivity index (χ3v) is 8.59. The van der Waals surface area contributed by atoms with E-state index in [1.807, 2.05) is 24.3 Å². The molecule has 1 atom stereocenters. The van der Waals surface area contributed by atoms with Crippen LogP contribution in [0.4, 0.5) is 5.88 Å². The van der Waals surface area contributed by atoms with Crippen molar-refractivity contribution in [3.05, 3.63) is 77.1 Å². The number of halogens is 1. The van der Waals surface area contributed by atoms with Gasteiger partial charge in [0.25, 0.3) is 5.56 Å². The quantitative estimate of drug-likeness (QED) is 0.390. The second-order valence-corrected chi connectivity index (χ2v) is 11.4. The standard InChI is InChI=1S/C28H30BrN3O5S/c1-5-36-27(34)24-17(3)30-28-32(25(24)18-6-8-21(35-4)20(29)14-18)26(33)22(38-28)15-19-7-9-23(37-19)31-12-10-16(2)11-13-31/h6-9,14-16,25H,5,10-13H2,1-4H3/b22-15+/t25-/m0/s1. The zero-order valence-corrected chi connectivity index (χ0v) is 24.2. The Morgan fingerprint density at radius 2 is 2.03 bits per heavy atom. The first-order valence-electron chi connectivity index (χ1n) is 12.7. The number of rotatable bonds is 6. The zero-order chi connectivity index (χ0) is 27.0. The van der Waals surface area contributed by atoms with Crippen LogP contribution >= 0.6 is 27.3 Å². The molecule has 10 heteroatoms. The first kappa shape index (κ1) is 26.5. The Bertz CT molecular complexity index is 1580. The van der Waals surface area contributed by atoms with E-state index in [0.29, 0.717) is 36.6 Å². The molecule has 1 fully saturated rings. The maximum atomic E-state index is 13.8. The number of allylic oxidation sites excluding steroid dienone is 1.